The molecule has 9 heteroatoms. The molecule has 1 aromatic heterocycles. The summed E-state index contributed by atoms with van der Waals surface area (Å²) in [5.41, 5.74) is 0. The van der Waals surface area contributed by atoms with Crippen molar-refractivity contribution in [3.05, 3.63) is 26.1 Å². The van der Waals surface area contributed by atoms with E-state index in [0.29, 0.717) is 0 Å². The van der Waals surface area contributed by atoms with Crippen LogP contribution >= 0.6 is 0 Å². The van der Waals surface area contributed by atoms with Crippen LogP contribution in [-0.2, 0) is 11.3 Å². The first kappa shape index (κ1) is 12.0. The third-order valence-corrected chi connectivity index (χ3v) is 1.98. The number of aryl methyl sites for hydroxylation is 1. The minimum atomic E-state index is -0.867. The highest BCUT2D eigenvalue weighted by Crippen LogP contribution is 2.26. The second-order valence-corrected chi connectivity index (χ2v) is 2.96. The van der Waals surface area contributed by atoms with Gasteiger partial charge in [0.15, 0.2) is 0 Å². The van der Waals surface area contributed by atoms with Crippen LogP contribution < -0.4 is 0 Å². The van der Waals surface area contributed by atoms with Gasteiger partial charge in [-0.25, -0.2) is 0 Å². The van der Waals surface area contributed by atoms with Gasteiger partial charge < -0.3 is 25.0 Å². The molecular weight excluding hydrogens is 220 g/mol. The summed E-state index contributed by atoms with van der Waals surface area (Å²) in [6, 6.07) is 0. The highest BCUT2D eigenvalue weighted by atomic mass is 16.6. The molecule has 0 radical (unpaired) electrons. The number of rotatable bonds is 5. The van der Waals surface area contributed by atoms with Gasteiger partial charge in [-0.1, -0.05) is 0 Å². The molecule has 1 aromatic rings. The summed E-state index contributed by atoms with van der Waals surface area (Å²) in [7, 11) is 1.44. The minimum Gasteiger partial charge on any atom is -0.381 e. The third kappa shape index (κ3) is 2.14. The van der Waals surface area contributed by atoms with Crippen LogP contribution in [0.3, 0.4) is 0 Å². The Labute approximate surface area is 89.9 Å². The van der Waals surface area contributed by atoms with E-state index in [1.165, 1.54) is 14.0 Å². The second-order valence-electron chi connectivity index (χ2n) is 2.96. The van der Waals surface area contributed by atoms with Crippen molar-refractivity contribution in [3.8, 4) is 0 Å². The Morgan fingerprint density at radius 3 is 2.44 bits per heavy atom. The molecule has 0 atom stereocenters. The molecule has 1 heterocycles. The number of nitrogens with zero attached hydrogens (tertiary/aromatic N) is 4. The predicted molar refractivity (Wildman–Crippen MR) is 52.1 cm³/mol. The van der Waals surface area contributed by atoms with E-state index in [2.05, 4.69) is 4.98 Å². The van der Waals surface area contributed by atoms with Crippen molar-refractivity contribution in [1.29, 1.82) is 0 Å². The molecule has 9 nitrogen and oxygen atoms in total. The summed E-state index contributed by atoms with van der Waals surface area (Å²) < 4.78 is 5.92. The quantitative estimate of drug-likeness (QED) is 0.542. The largest absolute Gasteiger partial charge is 0.462 e. The fourth-order valence-corrected chi connectivity index (χ4v) is 1.29. The van der Waals surface area contributed by atoms with Crippen LogP contribution in [0.25, 0.3) is 0 Å². The van der Waals surface area contributed by atoms with Crippen molar-refractivity contribution < 1.29 is 14.6 Å². The molecule has 0 saturated heterocycles. The molecule has 0 amide bonds. The Morgan fingerprint density at radius 1 is 1.38 bits per heavy atom. The Balaban J connectivity index is 3.24. The van der Waals surface area contributed by atoms with Crippen molar-refractivity contribution in [1.82, 2.24) is 9.55 Å². The van der Waals surface area contributed by atoms with Gasteiger partial charge >= 0.3 is 17.5 Å². The van der Waals surface area contributed by atoms with Gasteiger partial charge in [0.1, 0.15) is 6.54 Å². The number of ether oxygens (including phenoxy) is 1. The third-order valence-electron chi connectivity index (χ3n) is 1.98. The standard InChI is InChI=1S/C7H10N4O5/c1-5-8-6(10(12)13)7(11(14)15)9(5)3-4-16-2/h3-4H2,1-2H3. The van der Waals surface area contributed by atoms with Crippen molar-refractivity contribution in [2.75, 3.05) is 13.7 Å². The van der Waals surface area contributed by atoms with Crippen LogP contribution in [0.15, 0.2) is 0 Å². The molecule has 0 aromatic carbocycles. The summed E-state index contributed by atoms with van der Waals surface area (Å²) in [6.07, 6.45) is 0. The molecule has 0 saturated carbocycles. The van der Waals surface area contributed by atoms with E-state index in [9.17, 15) is 20.2 Å². The number of aromatic nitrogens is 2. The Hall–Kier alpha value is -2.03. The first-order valence-corrected chi connectivity index (χ1v) is 4.34. The van der Waals surface area contributed by atoms with E-state index in [0.717, 1.165) is 4.57 Å². The fourth-order valence-electron chi connectivity index (χ4n) is 1.29. The lowest BCUT2D eigenvalue weighted by Crippen LogP contribution is -2.09. The normalized spacial score (nSPS) is 10.4. The summed E-state index contributed by atoms with van der Waals surface area (Å²) >= 11 is 0. The maximum atomic E-state index is 10.7. The molecule has 0 unspecified atom stereocenters. The molecule has 0 aliphatic rings. The van der Waals surface area contributed by atoms with E-state index < -0.39 is 21.5 Å². The number of hydrogen-bond acceptors (Lipinski definition) is 6. The zero-order valence-electron chi connectivity index (χ0n) is 8.74. The number of hydrogen-bond donors (Lipinski definition) is 0. The van der Waals surface area contributed by atoms with Crippen molar-refractivity contribution in [3.63, 3.8) is 0 Å². The fraction of sp³-hybridized carbons (Fsp3) is 0.571. The summed E-state index contributed by atoms with van der Waals surface area (Å²) in [5, 5.41) is 21.3. The zero-order valence-corrected chi connectivity index (χ0v) is 8.74. The monoisotopic (exact) mass is 230 g/mol. The molecule has 0 aliphatic heterocycles. The molecule has 88 valence electrons. The van der Waals surface area contributed by atoms with Crippen LogP contribution in [0, 0.1) is 27.2 Å². The van der Waals surface area contributed by atoms with Gasteiger partial charge in [0.25, 0.3) is 0 Å². The molecule has 0 bridgehead atoms. The summed E-state index contributed by atoms with van der Waals surface area (Å²) in [5.74, 6) is -1.13. The number of nitro groups is 2. The van der Waals surface area contributed by atoms with E-state index in [1.807, 2.05) is 0 Å². The maximum absolute atomic E-state index is 10.7. The molecular formula is C7H10N4O5. The van der Waals surface area contributed by atoms with Crippen LogP contribution in [0.5, 0.6) is 0 Å². The number of imidazole rings is 1. The highest BCUT2D eigenvalue weighted by Gasteiger charge is 2.35. The Morgan fingerprint density at radius 2 is 2.00 bits per heavy atom. The topological polar surface area (TPSA) is 113 Å². The van der Waals surface area contributed by atoms with Crippen molar-refractivity contribution >= 4 is 11.6 Å². The Kier molecular flexibility index (Phi) is 3.51. The second kappa shape index (κ2) is 4.66. The van der Waals surface area contributed by atoms with Crippen LogP contribution in [0.1, 0.15) is 5.82 Å². The first-order valence-electron chi connectivity index (χ1n) is 4.34. The molecule has 0 aliphatic carbocycles. The minimum absolute atomic E-state index is 0.152. The van der Waals surface area contributed by atoms with Gasteiger partial charge in [-0.05, 0) is 9.85 Å². The summed E-state index contributed by atoms with van der Waals surface area (Å²) in [4.78, 5) is 23.2. The van der Waals surface area contributed by atoms with E-state index in [1.54, 1.807) is 0 Å². The SMILES string of the molecule is COCCn1c(C)nc([N+](=O)[O-])c1[N+](=O)[O-]. The Bertz CT molecular complexity index is 427. The van der Waals surface area contributed by atoms with Gasteiger partial charge in [0.05, 0.1) is 6.61 Å². The average molecular weight is 230 g/mol. The summed E-state index contributed by atoms with van der Waals surface area (Å²) in [6.45, 7) is 1.84. The lowest BCUT2D eigenvalue weighted by molar-refractivity contribution is -0.428. The van der Waals surface area contributed by atoms with Gasteiger partial charge in [0, 0.05) is 19.0 Å². The molecule has 0 spiro atoms. The smallest absolute Gasteiger partial charge is 0.381 e. The highest BCUT2D eigenvalue weighted by molar-refractivity contribution is 5.42. The van der Waals surface area contributed by atoms with Gasteiger partial charge in [-0.3, -0.25) is 0 Å². The van der Waals surface area contributed by atoms with E-state index in [4.69, 9.17) is 4.74 Å². The van der Waals surface area contributed by atoms with Gasteiger partial charge in [0.2, 0.25) is 0 Å². The predicted octanol–water partition coefficient (Wildman–Crippen LogP) is 0.654. The van der Waals surface area contributed by atoms with Gasteiger partial charge in [-0.15, -0.1) is 0 Å². The van der Waals surface area contributed by atoms with Crippen molar-refractivity contribution in [2.24, 2.45) is 0 Å². The van der Waals surface area contributed by atoms with Gasteiger partial charge in [-0.2, -0.15) is 4.57 Å². The molecule has 0 fully saturated rings. The molecule has 1 rings (SSSR count). The first-order chi connectivity index (χ1) is 7.49. The van der Waals surface area contributed by atoms with Crippen LogP contribution in [0.2, 0.25) is 0 Å². The number of methoxy groups -OCH3 is 1. The maximum Gasteiger partial charge on any atom is 0.462 e. The van der Waals surface area contributed by atoms with Crippen LogP contribution in [-0.4, -0.2) is 33.1 Å². The zero-order chi connectivity index (χ0) is 12.3. The lowest BCUT2D eigenvalue weighted by Gasteiger charge is -1.99. The van der Waals surface area contributed by atoms with E-state index >= 15 is 0 Å². The van der Waals surface area contributed by atoms with Crippen molar-refractivity contribution in [2.45, 2.75) is 13.5 Å². The average Bonchev–Trinajstić information content (AvgIpc) is 2.52. The molecule has 16 heavy (non-hydrogen) atoms. The van der Waals surface area contributed by atoms with E-state index in [-0.39, 0.29) is 19.0 Å². The van der Waals surface area contributed by atoms with Crippen LogP contribution in [0.4, 0.5) is 11.6 Å². The molecule has 0 N–H and O–H groups in total. The lowest BCUT2D eigenvalue weighted by atomic mass is 10.5.